The monoisotopic (exact) mass is 397 g/mol. The molecular formula is C20H20ClN5O2. The highest BCUT2D eigenvalue weighted by Gasteiger charge is 2.36. The van der Waals surface area contributed by atoms with Crippen LogP contribution in [0.4, 0.5) is 0 Å². The molecule has 2 heterocycles. The Balaban J connectivity index is 1.54. The van der Waals surface area contributed by atoms with Crippen LogP contribution in [0.3, 0.4) is 0 Å². The van der Waals surface area contributed by atoms with E-state index in [9.17, 15) is 9.90 Å². The van der Waals surface area contributed by atoms with E-state index >= 15 is 0 Å². The van der Waals surface area contributed by atoms with E-state index in [-0.39, 0.29) is 5.91 Å². The number of aryl methyl sites for hydroxylation is 1. The van der Waals surface area contributed by atoms with Gasteiger partial charge in [-0.1, -0.05) is 35.9 Å². The van der Waals surface area contributed by atoms with Crippen molar-refractivity contribution in [1.82, 2.24) is 25.1 Å². The third kappa shape index (κ3) is 3.39. The number of rotatable bonds is 3. The molecule has 1 amide bonds. The van der Waals surface area contributed by atoms with Gasteiger partial charge in [0.15, 0.2) is 5.82 Å². The molecule has 8 heteroatoms. The quantitative estimate of drug-likeness (QED) is 0.734. The lowest BCUT2D eigenvalue weighted by Gasteiger charge is -2.38. The number of hydrogen-bond acceptors (Lipinski definition) is 5. The predicted molar refractivity (Wildman–Crippen MR) is 104 cm³/mol. The molecule has 0 saturated carbocycles. The topological polar surface area (TPSA) is 84.1 Å². The maximum atomic E-state index is 13.2. The lowest BCUT2D eigenvalue weighted by Crippen LogP contribution is -2.45. The number of aromatic nitrogens is 4. The highest BCUT2D eigenvalue weighted by atomic mass is 35.5. The molecule has 0 spiro atoms. The first-order valence-electron chi connectivity index (χ1n) is 9.10. The van der Waals surface area contributed by atoms with E-state index in [1.165, 1.54) is 0 Å². The first-order chi connectivity index (χ1) is 13.5. The van der Waals surface area contributed by atoms with Gasteiger partial charge in [0.25, 0.3) is 5.91 Å². The number of para-hydroxylation sites is 1. The zero-order valence-electron chi connectivity index (χ0n) is 15.4. The average molecular weight is 398 g/mol. The largest absolute Gasteiger partial charge is 0.385 e. The molecule has 0 atom stereocenters. The first kappa shape index (κ1) is 18.6. The van der Waals surface area contributed by atoms with Crippen molar-refractivity contribution in [2.24, 2.45) is 0 Å². The van der Waals surface area contributed by atoms with Crippen LogP contribution >= 0.6 is 11.6 Å². The van der Waals surface area contributed by atoms with Gasteiger partial charge >= 0.3 is 0 Å². The molecule has 28 heavy (non-hydrogen) atoms. The zero-order valence-corrected chi connectivity index (χ0v) is 16.2. The molecule has 4 rings (SSSR count). The van der Waals surface area contributed by atoms with Gasteiger partial charge in [-0.2, -0.15) is 4.68 Å². The fourth-order valence-corrected chi connectivity index (χ4v) is 3.72. The lowest BCUT2D eigenvalue weighted by molar-refractivity contribution is -0.0211. The van der Waals surface area contributed by atoms with E-state index < -0.39 is 5.60 Å². The van der Waals surface area contributed by atoms with E-state index in [0.29, 0.717) is 48.0 Å². The van der Waals surface area contributed by atoms with Crippen molar-refractivity contribution in [3.05, 3.63) is 70.5 Å². The van der Waals surface area contributed by atoms with E-state index in [1.807, 2.05) is 30.3 Å². The molecule has 0 aliphatic carbocycles. The molecule has 1 N–H and O–H groups in total. The molecule has 1 saturated heterocycles. The van der Waals surface area contributed by atoms with Crippen LogP contribution in [0, 0.1) is 6.92 Å². The number of piperidine rings is 1. The van der Waals surface area contributed by atoms with Crippen LogP contribution in [0.1, 0.15) is 34.6 Å². The molecule has 0 unspecified atom stereocenters. The average Bonchev–Trinajstić information content (AvgIpc) is 3.14. The summed E-state index contributed by atoms with van der Waals surface area (Å²) in [4.78, 5) is 14.9. The minimum atomic E-state index is -0.951. The smallest absolute Gasteiger partial charge is 0.256 e. The lowest BCUT2D eigenvalue weighted by atomic mass is 9.84. The summed E-state index contributed by atoms with van der Waals surface area (Å²) in [5, 5.41) is 23.2. The third-order valence-electron chi connectivity index (χ3n) is 5.25. The van der Waals surface area contributed by atoms with Crippen LogP contribution in [-0.2, 0) is 5.60 Å². The fraction of sp³-hybridized carbons (Fsp3) is 0.300. The first-order valence-corrected chi connectivity index (χ1v) is 9.48. The predicted octanol–water partition coefficient (Wildman–Crippen LogP) is 2.75. The van der Waals surface area contributed by atoms with E-state index in [2.05, 4.69) is 15.5 Å². The summed E-state index contributed by atoms with van der Waals surface area (Å²) in [6.07, 6.45) is 0.929. The summed E-state index contributed by atoms with van der Waals surface area (Å²) >= 11 is 5.95. The Morgan fingerprint density at radius 3 is 2.43 bits per heavy atom. The summed E-state index contributed by atoms with van der Waals surface area (Å²) in [6.45, 7) is 2.70. The Morgan fingerprint density at radius 2 is 1.79 bits per heavy atom. The van der Waals surface area contributed by atoms with Crippen molar-refractivity contribution in [3.63, 3.8) is 0 Å². The SMILES string of the molecule is Cc1nnnn1-c1ccccc1C(=O)N1CCC(O)(c2ccc(Cl)cc2)CC1. The second-order valence-corrected chi connectivity index (χ2v) is 7.42. The number of aliphatic hydroxyl groups is 1. The number of benzene rings is 2. The summed E-state index contributed by atoms with van der Waals surface area (Å²) in [5.41, 5.74) is 1.06. The van der Waals surface area contributed by atoms with Gasteiger partial charge in [-0.05, 0) is 60.0 Å². The van der Waals surface area contributed by atoms with Crippen LogP contribution < -0.4 is 0 Å². The standard InChI is InChI=1S/C20H20ClN5O2/c1-14-22-23-24-26(14)18-5-3-2-4-17(18)19(27)25-12-10-20(28,11-13-25)15-6-8-16(21)9-7-15/h2-9,28H,10-13H2,1H3. The van der Waals surface area contributed by atoms with Gasteiger partial charge in [-0.25, -0.2) is 0 Å². The van der Waals surface area contributed by atoms with Crippen molar-refractivity contribution in [1.29, 1.82) is 0 Å². The van der Waals surface area contributed by atoms with Crippen LogP contribution in [0.2, 0.25) is 5.02 Å². The Labute approximate surface area is 167 Å². The molecule has 144 valence electrons. The Morgan fingerprint density at radius 1 is 1.11 bits per heavy atom. The molecule has 7 nitrogen and oxygen atoms in total. The minimum absolute atomic E-state index is 0.0938. The fourth-order valence-electron chi connectivity index (χ4n) is 3.59. The second-order valence-electron chi connectivity index (χ2n) is 6.99. The number of amides is 1. The molecule has 3 aromatic rings. The Hall–Kier alpha value is -2.77. The highest BCUT2D eigenvalue weighted by Crippen LogP contribution is 2.34. The van der Waals surface area contributed by atoms with Crippen molar-refractivity contribution in [2.75, 3.05) is 13.1 Å². The van der Waals surface area contributed by atoms with Crippen molar-refractivity contribution in [3.8, 4) is 5.69 Å². The van der Waals surface area contributed by atoms with Gasteiger partial charge in [0.1, 0.15) is 0 Å². The van der Waals surface area contributed by atoms with Crippen molar-refractivity contribution >= 4 is 17.5 Å². The third-order valence-corrected chi connectivity index (χ3v) is 5.50. The summed E-state index contributed by atoms with van der Waals surface area (Å²) < 4.78 is 1.56. The van der Waals surface area contributed by atoms with Gasteiger partial charge in [0.05, 0.1) is 16.9 Å². The molecule has 1 aromatic heterocycles. The summed E-state index contributed by atoms with van der Waals surface area (Å²) in [5.74, 6) is 0.514. The maximum absolute atomic E-state index is 13.2. The van der Waals surface area contributed by atoms with Gasteiger partial charge in [-0.3, -0.25) is 4.79 Å². The maximum Gasteiger partial charge on any atom is 0.256 e. The van der Waals surface area contributed by atoms with Gasteiger partial charge in [-0.15, -0.1) is 5.10 Å². The highest BCUT2D eigenvalue weighted by molar-refractivity contribution is 6.30. The zero-order chi connectivity index (χ0) is 19.7. The van der Waals surface area contributed by atoms with Crippen molar-refractivity contribution < 1.29 is 9.90 Å². The summed E-state index contributed by atoms with van der Waals surface area (Å²) in [7, 11) is 0. The van der Waals surface area contributed by atoms with Crippen LogP contribution in [-0.4, -0.2) is 49.2 Å². The Kier molecular flexibility index (Phi) is 4.87. The van der Waals surface area contributed by atoms with Crippen molar-refractivity contribution in [2.45, 2.75) is 25.4 Å². The molecule has 0 radical (unpaired) electrons. The molecular weight excluding hydrogens is 378 g/mol. The van der Waals surface area contributed by atoms with E-state index in [0.717, 1.165) is 5.56 Å². The van der Waals surface area contributed by atoms with E-state index in [4.69, 9.17) is 11.6 Å². The van der Waals surface area contributed by atoms with E-state index in [1.54, 1.807) is 34.7 Å². The number of halogens is 1. The van der Waals surface area contributed by atoms with Gasteiger partial charge < -0.3 is 10.0 Å². The molecule has 1 aliphatic heterocycles. The molecule has 1 fully saturated rings. The minimum Gasteiger partial charge on any atom is -0.385 e. The number of carbonyl (C=O) groups is 1. The number of likely N-dealkylation sites (tertiary alicyclic amines) is 1. The van der Waals surface area contributed by atoms with Crippen LogP contribution in [0.25, 0.3) is 5.69 Å². The number of nitrogens with zero attached hydrogens (tertiary/aromatic N) is 5. The second kappa shape index (κ2) is 7.33. The number of tetrazole rings is 1. The van der Waals surface area contributed by atoms with Gasteiger partial charge in [0, 0.05) is 18.1 Å². The number of hydrogen-bond donors (Lipinski definition) is 1. The molecule has 0 bridgehead atoms. The summed E-state index contributed by atoms with van der Waals surface area (Å²) in [6, 6.07) is 14.5. The molecule has 2 aromatic carbocycles. The number of carbonyl (C=O) groups excluding carboxylic acids is 1. The molecule has 1 aliphatic rings. The Bertz CT molecular complexity index is 994. The van der Waals surface area contributed by atoms with Crippen LogP contribution in [0.5, 0.6) is 0 Å². The normalized spacial score (nSPS) is 16.2. The van der Waals surface area contributed by atoms with Crippen LogP contribution in [0.15, 0.2) is 48.5 Å². The van der Waals surface area contributed by atoms with Gasteiger partial charge in [0.2, 0.25) is 0 Å².